The van der Waals surface area contributed by atoms with Crippen LogP contribution in [0.15, 0.2) is 29.3 Å². The number of anilines is 1. The molecule has 4 fully saturated rings. The van der Waals surface area contributed by atoms with Crippen LogP contribution in [0.2, 0.25) is 0 Å². The van der Waals surface area contributed by atoms with Crippen LogP contribution in [0.3, 0.4) is 0 Å². The minimum atomic E-state index is -4.64. The molecule has 4 aliphatic carbocycles. The van der Waals surface area contributed by atoms with Crippen molar-refractivity contribution in [3.63, 3.8) is 0 Å². The zero-order valence-electron chi connectivity index (χ0n) is 20.5. The first-order valence-electron chi connectivity index (χ1n) is 12.1. The fraction of sp³-hybridized carbons (Fsp3) is 0.500. The van der Waals surface area contributed by atoms with E-state index in [1.807, 2.05) is 6.92 Å². The summed E-state index contributed by atoms with van der Waals surface area (Å²) in [6.45, 7) is 2.05. The van der Waals surface area contributed by atoms with Gasteiger partial charge in [-0.25, -0.2) is 27.6 Å². The number of aromatic nitrogens is 4. The average molecular weight is 553 g/mol. The van der Waals surface area contributed by atoms with E-state index in [1.54, 1.807) is 28.9 Å². The third kappa shape index (κ3) is 4.87. The molecule has 0 amide bonds. The highest BCUT2D eigenvalue weighted by Crippen LogP contribution is 2.61. The van der Waals surface area contributed by atoms with Gasteiger partial charge in [0.1, 0.15) is 0 Å². The molecule has 204 valence electrons. The molecule has 38 heavy (non-hydrogen) atoms. The summed E-state index contributed by atoms with van der Waals surface area (Å²) in [6.07, 6.45) is 1.08. The second kappa shape index (κ2) is 8.99. The molecule has 2 aromatic heterocycles. The van der Waals surface area contributed by atoms with Crippen molar-refractivity contribution in [1.82, 2.24) is 24.3 Å². The Kier molecular flexibility index (Phi) is 6.27. The lowest BCUT2D eigenvalue weighted by molar-refractivity contribution is -0.156. The van der Waals surface area contributed by atoms with Gasteiger partial charge in [0, 0.05) is 23.6 Å². The van der Waals surface area contributed by atoms with E-state index in [2.05, 4.69) is 19.8 Å². The molecule has 0 saturated heterocycles. The molecule has 10 nitrogen and oxygen atoms in total. The quantitative estimate of drug-likeness (QED) is 0.395. The Morgan fingerprint density at radius 1 is 1.26 bits per heavy atom. The molecule has 7 rings (SSSR count). The van der Waals surface area contributed by atoms with Crippen molar-refractivity contribution in [3.05, 3.63) is 35.8 Å². The lowest BCUT2D eigenvalue weighted by atomic mass is 9.66. The number of nitrogens with zero attached hydrogens (tertiary/aromatic N) is 4. The molecule has 2 bridgehead atoms. The minimum absolute atomic E-state index is 0.101. The Labute approximate surface area is 216 Å². The SMILES string of the molecule is Cc1ccc(S(=O)(=O)NC23CCC(CO)(C2)C3)cc1-c1cnc2c(N)nc(C3CC3)nn12.O=CC(F)(F)F. The summed E-state index contributed by atoms with van der Waals surface area (Å²) in [5.74, 6) is 1.36. The molecule has 4 N–H and O–H groups in total. The molecular weight excluding hydrogens is 525 g/mol. The van der Waals surface area contributed by atoms with Crippen LogP contribution in [-0.4, -0.2) is 57.7 Å². The number of aryl methyl sites for hydroxylation is 1. The maximum atomic E-state index is 13.3. The lowest BCUT2D eigenvalue weighted by Crippen LogP contribution is -2.56. The van der Waals surface area contributed by atoms with Gasteiger partial charge in [-0.1, -0.05) is 6.07 Å². The first-order valence-corrected chi connectivity index (χ1v) is 13.6. The molecule has 3 aromatic rings. The summed E-state index contributed by atoms with van der Waals surface area (Å²) in [5.41, 5.74) is 8.40. The second-order valence-electron chi connectivity index (χ2n) is 10.5. The summed E-state index contributed by atoms with van der Waals surface area (Å²) < 4.78 is 62.4. The summed E-state index contributed by atoms with van der Waals surface area (Å²) >= 11 is 0. The van der Waals surface area contributed by atoms with Crippen LogP contribution in [0.5, 0.6) is 0 Å². The average Bonchev–Trinajstić information content (AvgIpc) is 3.38. The predicted molar refractivity (Wildman–Crippen MR) is 131 cm³/mol. The molecule has 0 spiro atoms. The van der Waals surface area contributed by atoms with Crippen molar-refractivity contribution in [2.45, 2.75) is 68.0 Å². The number of aliphatic hydroxyl groups excluding tert-OH is 1. The van der Waals surface area contributed by atoms with E-state index in [1.165, 1.54) is 0 Å². The highest BCUT2D eigenvalue weighted by atomic mass is 32.2. The number of rotatable bonds is 6. The first kappa shape index (κ1) is 26.5. The molecule has 4 saturated carbocycles. The van der Waals surface area contributed by atoms with Crippen molar-refractivity contribution in [1.29, 1.82) is 0 Å². The summed E-state index contributed by atoms with van der Waals surface area (Å²) in [5, 5.41) is 14.3. The number of aldehydes is 1. The molecular formula is C24H27F3N6O4S. The van der Waals surface area contributed by atoms with Gasteiger partial charge >= 0.3 is 6.18 Å². The number of hydrogen-bond donors (Lipinski definition) is 3. The third-order valence-electron chi connectivity index (χ3n) is 7.52. The number of nitrogens with one attached hydrogen (secondary N) is 1. The van der Waals surface area contributed by atoms with Gasteiger partial charge in [0.05, 0.1) is 16.8 Å². The smallest absolute Gasteiger partial charge is 0.396 e. The van der Waals surface area contributed by atoms with E-state index in [-0.39, 0.29) is 16.9 Å². The van der Waals surface area contributed by atoms with Crippen molar-refractivity contribution < 1.29 is 31.5 Å². The number of nitrogens with two attached hydrogens (primary N) is 1. The maximum absolute atomic E-state index is 13.3. The summed E-state index contributed by atoms with van der Waals surface area (Å²) in [4.78, 5) is 17.7. The number of fused-ring (bicyclic) bond motifs is 2. The molecule has 0 atom stereocenters. The Bertz CT molecular complexity index is 1510. The van der Waals surface area contributed by atoms with Gasteiger partial charge in [-0.05, 0) is 68.6 Å². The van der Waals surface area contributed by atoms with Crippen LogP contribution >= 0.6 is 0 Å². The Hall–Kier alpha value is -3.10. The van der Waals surface area contributed by atoms with Crippen LogP contribution in [0.25, 0.3) is 16.9 Å². The number of carbonyl (C=O) groups is 1. The number of halogens is 3. The van der Waals surface area contributed by atoms with Gasteiger partial charge in [0.25, 0.3) is 0 Å². The number of sulfonamides is 1. The molecule has 2 heterocycles. The fourth-order valence-corrected chi connectivity index (χ4v) is 7.02. The zero-order valence-corrected chi connectivity index (χ0v) is 21.3. The number of benzene rings is 1. The molecule has 1 aromatic carbocycles. The zero-order chi connectivity index (χ0) is 27.5. The van der Waals surface area contributed by atoms with E-state index in [9.17, 15) is 26.7 Å². The van der Waals surface area contributed by atoms with E-state index >= 15 is 0 Å². The van der Waals surface area contributed by atoms with Gasteiger partial charge in [0.15, 0.2) is 17.3 Å². The number of nitrogen functional groups attached to an aromatic ring is 1. The van der Waals surface area contributed by atoms with Crippen molar-refractivity contribution in [3.8, 4) is 11.3 Å². The maximum Gasteiger partial charge on any atom is 0.446 e. The monoisotopic (exact) mass is 552 g/mol. The predicted octanol–water partition coefficient (Wildman–Crippen LogP) is 2.89. The fourth-order valence-electron chi connectivity index (χ4n) is 5.56. The lowest BCUT2D eigenvalue weighted by Gasteiger charge is -2.46. The van der Waals surface area contributed by atoms with Crippen molar-refractivity contribution >= 4 is 27.8 Å². The summed E-state index contributed by atoms with van der Waals surface area (Å²) in [6, 6.07) is 5.12. The summed E-state index contributed by atoms with van der Waals surface area (Å²) in [7, 11) is -3.72. The van der Waals surface area contributed by atoms with Gasteiger partial charge in [-0.2, -0.15) is 18.3 Å². The van der Waals surface area contributed by atoms with E-state index in [0.717, 1.165) is 36.8 Å². The Balaban J connectivity index is 0.000000443. The number of alkyl halides is 3. The van der Waals surface area contributed by atoms with Crippen molar-refractivity contribution in [2.24, 2.45) is 5.41 Å². The van der Waals surface area contributed by atoms with Gasteiger partial charge in [0.2, 0.25) is 16.3 Å². The van der Waals surface area contributed by atoms with Crippen LogP contribution in [0.1, 0.15) is 55.8 Å². The Morgan fingerprint density at radius 3 is 2.53 bits per heavy atom. The van der Waals surface area contributed by atoms with E-state index in [4.69, 9.17) is 10.5 Å². The number of aliphatic hydroxyl groups is 1. The van der Waals surface area contributed by atoms with Crippen LogP contribution < -0.4 is 10.5 Å². The third-order valence-corrected chi connectivity index (χ3v) is 9.10. The first-order chi connectivity index (χ1) is 17.8. The molecule has 0 aliphatic heterocycles. The molecule has 0 unspecified atom stereocenters. The number of carbonyl (C=O) groups excluding carboxylic acids is 1. The normalized spacial score (nSPS) is 24.6. The molecule has 14 heteroatoms. The minimum Gasteiger partial charge on any atom is -0.396 e. The van der Waals surface area contributed by atoms with Crippen molar-refractivity contribution in [2.75, 3.05) is 12.3 Å². The van der Waals surface area contributed by atoms with Crippen LogP contribution in [0, 0.1) is 12.3 Å². The van der Waals surface area contributed by atoms with Crippen LogP contribution in [0.4, 0.5) is 19.0 Å². The van der Waals surface area contributed by atoms with Gasteiger partial charge in [-0.3, -0.25) is 4.79 Å². The Morgan fingerprint density at radius 2 is 1.95 bits per heavy atom. The molecule has 4 aliphatic rings. The highest BCUT2D eigenvalue weighted by Gasteiger charge is 2.61. The largest absolute Gasteiger partial charge is 0.446 e. The van der Waals surface area contributed by atoms with Crippen LogP contribution in [-0.2, 0) is 14.8 Å². The number of hydrogen-bond acceptors (Lipinski definition) is 8. The van der Waals surface area contributed by atoms with E-state index in [0.29, 0.717) is 41.7 Å². The van der Waals surface area contributed by atoms with Gasteiger partial charge in [-0.15, -0.1) is 0 Å². The number of imidazole rings is 1. The van der Waals surface area contributed by atoms with Gasteiger partial charge < -0.3 is 10.8 Å². The topological polar surface area (TPSA) is 153 Å². The standard InChI is InChI=1S/C22H26N6O3S.C2HF3O/c1-13-2-5-15(32(30,31)27-22-7-6-21(10-22,11-22)12-29)8-16(13)17-9-24-20-18(23)25-19(14-3-4-14)26-28(17)20;3-2(4,5)1-6/h2,5,8-9,14,27,29H,3-4,6-7,10-12H2,1H3,(H2,23,25,26);1H. The van der Waals surface area contributed by atoms with E-state index < -0.39 is 28.0 Å². The highest BCUT2D eigenvalue weighted by molar-refractivity contribution is 7.89. The second-order valence-corrected chi connectivity index (χ2v) is 12.2. The molecule has 0 radical (unpaired) electrons.